The molecular weight excluding hydrogens is 186 g/mol. The molecule has 0 aliphatic carbocycles. The maximum atomic E-state index is 4.53. The molecule has 0 saturated heterocycles. The van der Waals surface area contributed by atoms with Crippen molar-refractivity contribution in [2.45, 2.75) is 26.8 Å². The molecule has 3 heteroatoms. The SMILES string of the molecule is Cc1cn(C(C)C)nc1-c1ccccn1. The molecule has 0 aliphatic heterocycles. The van der Waals surface area contributed by atoms with Gasteiger partial charge in [0.15, 0.2) is 0 Å². The second-order valence-electron chi connectivity index (χ2n) is 3.95. The molecule has 2 aromatic heterocycles. The van der Waals surface area contributed by atoms with E-state index in [0.717, 1.165) is 11.4 Å². The molecule has 0 spiro atoms. The van der Waals surface area contributed by atoms with Crippen molar-refractivity contribution in [3.05, 3.63) is 36.2 Å². The molecule has 0 fully saturated rings. The summed E-state index contributed by atoms with van der Waals surface area (Å²) in [7, 11) is 0. The molecule has 0 radical (unpaired) electrons. The lowest BCUT2D eigenvalue weighted by atomic mass is 10.2. The van der Waals surface area contributed by atoms with Gasteiger partial charge in [-0.25, -0.2) is 0 Å². The van der Waals surface area contributed by atoms with Gasteiger partial charge in [0.2, 0.25) is 0 Å². The highest BCUT2D eigenvalue weighted by atomic mass is 15.3. The van der Waals surface area contributed by atoms with E-state index in [-0.39, 0.29) is 0 Å². The van der Waals surface area contributed by atoms with Gasteiger partial charge in [-0.2, -0.15) is 5.10 Å². The first-order valence-corrected chi connectivity index (χ1v) is 5.15. The van der Waals surface area contributed by atoms with Crippen molar-refractivity contribution in [1.82, 2.24) is 14.8 Å². The second-order valence-corrected chi connectivity index (χ2v) is 3.95. The maximum absolute atomic E-state index is 4.53. The van der Waals surface area contributed by atoms with E-state index in [1.807, 2.05) is 22.9 Å². The predicted octanol–water partition coefficient (Wildman–Crippen LogP) is 2.83. The van der Waals surface area contributed by atoms with Gasteiger partial charge < -0.3 is 0 Å². The average Bonchev–Trinajstić information content (AvgIpc) is 2.62. The third-order valence-electron chi connectivity index (χ3n) is 2.35. The molecule has 15 heavy (non-hydrogen) atoms. The molecule has 2 rings (SSSR count). The lowest BCUT2D eigenvalue weighted by molar-refractivity contribution is 0.533. The van der Waals surface area contributed by atoms with Crippen LogP contribution in [0.1, 0.15) is 25.5 Å². The summed E-state index contributed by atoms with van der Waals surface area (Å²) in [5.41, 5.74) is 3.08. The van der Waals surface area contributed by atoms with Gasteiger partial charge in [-0.15, -0.1) is 0 Å². The summed E-state index contributed by atoms with van der Waals surface area (Å²) in [6.07, 6.45) is 3.86. The van der Waals surface area contributed by atoms with Crippen molar-refractivity contribution in [2.24, 2.45) is 0 Å². The topological polar surface area (TPSA) is 30.7 Å². The molecular formula is C12H15N3. The van der Waals surface area contributed by atoms with Crippen LogP contribution in [0.5, 0.6) is 0 Å². The normalized spacial score (nSPS) is 10.9. The Morgan fingerprint density at radius 1 is 1.27 bits per heavy atom. The van der Waals surface area contributed by atoms with E-state index in [1.165, 1.54) is 5.56 Å². The van der Waals surface area contributed by atoms with E-state index in [1.54, 1.807) is 6.20 Å². The Bertz CT molecular complexity index is 443. The van der Waals surface area contributed by atoms with Crippen molar-refractivity contribution >= 4 is 0 Å². The molecule has 0 saturated carbocycles. The van der Waals surface area contributed by atoms with Gasteiger partial charge in [0.1, 0.15) is 5.69 Å². The van der Waals surface area contributed by atoms with Crippen LogP contribution < -0.4 is 0 Å². The zero-order valence-corrected chi connectivity index (χ0v) is 9.31. The van der Waals surface area contributed by atoms with Crippen LogP contribution in [0.2, 0.25) is 0 Å². The number of hydrogen-bond donors (Lipinski definition) is 0. The fourth-order valence-corrected chi connectivity index (χ4v) is 1.50. The van der Waals surface area contributed by atoms with Crippen LogP contribution in [0, 0.1) is 6.92 Å². The first kappa shape index (κ1) is 9.90. The molecule has 0 atom stereocenters. The summed E-state index contributed by atoms with van der Waals surface area (Å²) >= 11 is 0. The van der Waals surface area contributed by atoms with Gasteiger partial charge >= 0.3 is 0 Å². The Balaban J connectivity index is 2.45. The summed E-state index contributed by atoms with van der Waals surface area (Å²) < 4.78 is 1.97. The van der Waals surface area contributed by atoms with Crippen molar-refractivity contribution in [2.75, 3.05) is 0 Å². The van der Waals surface area contributed by atoms with Crippen molar-refractivity contribution < 1.29 is 0 Å². The van der Waals surface area contributed by atoms with Gasteiger partial charge in [-0.1, -0.05) is 6.07 Å². The summed E-state index contributed by atoms with van der Waals surface area (Å²) in [5, 5.41) is 4.53. The Hall–Kier alpha value is -1.64. The third-order valence-corrected chi connectivity index (χ3v) is 2.35. The Kier molecular flexibility index (Phi) is 2.54. The molecule has 0 unspecified atom stereocenters. The largest absolute Gasteiger partial charge is 0.269 e. The van der Waals surface area contributed by atoms with Crippen molar-refractivity contribution in [1.29, 1.82) is 0 Å². The predicted molar refractivity (Wildman–Crippen MR) is 60.6 cm³/mol. The number of aryl methyl sites for hydroxylation is 1. The number of pyridine rings is 1. The number of aromatic nitrogens is 3. The highest BCUT2D eigenvalue weighted by Crippen LogP contribution is 2.20. The number of hydrogen-bond acceptors (Lipinski definition) is 2. The van der Waals surface area contributed by atoms with E-state index in [9.17, 15) is 0 Å². The first-order valence-electron chi connectivity index (χ1n) is 5.15. The lowest BCUT2D eigenvalue weighted by Gasteiger charge is -2.03. The van der Waals surface area contributed by atoms with E-state index in [2.05, 4.69) is 37.1 Å². The monoisotopic (exact) mass is 201 g/mol. The van der Waals surface area contributed by atoms with Crippen LogP contribution in [0.15, 0.2) is 30.6 Å². The Morgan fingerprint density at radius 3 is 2.60 bits per heavy atom. The highest BCUT2D eigenvalue weighted by Gasteiger charge is 2.09. The van der Waals surface area contributed by atoms with Gasteiger partial charge in [0.25, 0.3) is 0 Å². The zero-order valence-electron chi connectivity index (χ0n) is 9.31. The van der Waals surface area contributed by atoms with Gasteiger partial charge in [-0.05, 0) is 38.5 Å². The van der Waals surface area contributed by atoms with Gasteiger partial charge in [0, 0.05) is 18.4 Å². The molecule has 78 valence electrons. The molecule has 0 aromatic carbocycles. The minimum Gasteiger partial charge on any atom is -0.269 e. The smallest absolute Gasteiger partial charge is 0.114 e. The summed E-state index contributed by atoms with van der Waals surface area (Å²) in [5.74, 6) is 0. The number of nitrogens with zero attached hydrogens (tertiary/aromatic N) is 3. The minimum atomic E-state index is 0.390. The van der Waals surface area contributed by atoms with Gasteiger partial charge in [0.05, 0.1) is 5.69 Å². The van der Waals surface area contributed by atoms with Gasteiger partial charge in [-0.3, -0.25) is 9.67 Å². The fourth-order valence-electron chi connectivity index (χ4n) is 1.50. The average molecular weight is 201 g/mol. The Morgan fingerprint density at radius 2 is 2.07 bits per heavy atom. The second kappa shape index (κ2) is 3.85. The lowest BCUT2D eigenvalue weighted by Crippen LogP contribution is -2.00. The van der Waals surface area contributed by atoms with E-state index in [4.69, 9.17) is 0 Å². The summed E-state index contributed by atoms with van der Waals surface area (Å²) in [4.78, 5) is 4.31. The highest BCUT2D eigenvalue weighted by molar-refractivity contribution is 5.57. The van der Waals surface area contributed by atoms with Crippen LogP contribution in [-0.2, 0) is 0 Å². The van der Waals surface area contributed by atoms with Crippen molar-refractivity contribution in [3.63, 3.8) is 0 Å². The number of rotatable bonds is 2. The van der Waals surface area contributed by atoms with Crippen LogP contribution >= 0.6 is 0 Å². The fraction of sp³-hybridized carbons (Fsp3) is 0.333. The van der Waals surface area contributed by atoms with Crippen LogP contribution in [-0.4, -0.2) is 14.8 Å². The zero-order chi connectivity index (χ0) is 10.8. The molecule has 0 bridgehead atoms. The summed E-state index contributed by atoms with van der Waals surface area (Å²) in [6, 6.07) is 6.27. The molecule has 2 aromatic rings. The maximum Gasteiger partial charge on any atom is 0.114 e. The van der Waals surface area contributed by atoms with E-state index in [0.29, 0.717) is 6.04 Å². The molecule has 3 nitrogen and oxygen atoms in total. The van der Waals surface area contributed by atoms with Crippen LogP contribution in [0.25, 0.3) is 11.4 Å². The van der Waals surface area contributed by atoms with E-state index < -0.39 is 0 Å². The molecule has 0 N–H and O–H groups in total. The molecule has 0 amide bonds. The first-order chi connectivity index (χ1) is 7.18. The van der Waals surface area contributed by atoms with E-state index >= 15 is 0 Å². The standard InChI is InChI=1S/C12H15N3/c1-9(2)15-8-10(3)12(14-15)11-6-4-5-7-13-11/h4-9H,1-3H3. The molecule has 2 heterocycles. The quantitative estimate of drug-likeness (QED) is 0.748. The minimum absolute atomic E-state index is 0.390. The van der Waals surface area contributed by atoms with Crippen LogP contribution in [0.3, 0.4) is 0 Å². The molecule has 0 aliphatic rings. The summed E-state index contributed by atoms with van der Waals surface area (Å²) in [6.45, 7) is 6.30. The van der Waals surface area contributed by atoms with Crippen molar-refractivity contribution in [3.8, 4) is 11.4 Å². The van der Waals surface area contributed by atoms with Crippen LogP contribution in [0.4, 0.5) is 0 Å². The third kappa shape index (κ3) is 1.91. The Labute approximate surface area is 89.8 Å².